The largest absolute Gasteiger partial charge is 0.0683 e. The quantitative estimate of drug-likeness (QED) is 0.534. The van der Waals surface area contributed by atoms with Crippen LogP contribution in [0.1, 0.15) is 39.7 Å². The third kappa shape index (κ3) is 12.0. The minimum Gasteiger partial charge on any atom is -0.0683 e. The van der Waals surface area contributed by atoms with E-state index in [1.165, 1.54) is 12.0 Å². The van der Waals surface area contributed by atoms with Gasteiger partial charge in [-0.15, -0.1) is 0 Å². The fourth-order valence-electron chi connectivity index (χ4n) is 0.534. The van der Waals surface area contributed by atoms with Crippen molar-refractivity contribution in [3.8, 4) is 0 Å². The average Bonchev–Trinajstić information content (AvgIpc) is 2.11. The molecular formula is C12H22. The Kier molecular flexibility index (Phi) is 14.8. The van der Waals surface area contributed by atoms with Crippen LogP contribution in [0.25, 0.3) is 0 Å². The summed E-state index contributed by atoms with van der Waals surface area (Å²) in [4.78, 5) is 0. The van der Waals surface area contributed by atoms with Crippen LogP contribution in [0.15, 0.2) is 30.3 Å². The molecule has 0 aliphatic heterocycles. The Morgan fingerprint density at radius 3 is 1.42 bits per heavy atom. The highest BCUT2D eigenvalue weighted by molar-refractivity contribution is 5.11. The summed E-state index contributed by atoms with van der Waals surface area (Å²) in [7, 11) is 0. The molecule has 12 heavy (non-hydrogen) atoms. The molecule has 70 valence electrons. The molecule has 0 N–H and O–H groups in total. The lowest BCUT2D eigenvalue weighted by Gasteiger charge is -1.82. The third-order valence-corrected chi connectivity index (χ3v) is 0.940. The van der Waals surface area contributed by atoms with Gasteiger partial charge < -0.3 is 0 Å². The van der Waals surface area contributed by atoms with Crippen LogP contribution in [0.5, 0.6) is 0 Å². The Morgan fingerprint density at radius 1 is 0.917 bits per heavy atom. The standard InChI is InChI=1S/C7H8.C3H8.C2H6/c1-7-5-3-2-4-6-7;1-3-2;1-2/h2-6H,1H3;3H2,1-2H3;1-2H3. The van der Waals surface area contributed by atoms with E-state index in [4.69, 9.17) is 0 Å². The van der Waals surface area contributed by atoms with Crippen LogP contribution in [-0.4, -0.2) is 0 Å². The van der Waals surface area contributed by atoms with Crippen LogP contribution >= 0.6 is 0 Å². The second-order valence-electron chi connectivity index (χ2n) is 2.36. The highest BCUT2D eigenvalue weighted by Gasteiger charge is 1.72. The van der Waals surface area contributed by atoms with E-state index in [9.17, 15) is 0 Å². The molecule has 0 saturated heterocycles. The summed E-state index contributed by atoms with van der Waals surface area (Å²) in [5.41, 5.74) is 1.32. The summed E-state index contributed by atoms with van der Waals surface area (Å²) in [6.07, 6.45) is 1.25. The molecule has 0 unspecified atom stereocenters. The topological polar surface area (TPSA) is 0 Å². The molecule has 1 rings (SSSR count). The molecule has 0 aliphatic rings. The second kappa shape index (κ2) is 12.9. The summed E-state index contributed by atoms with van der Waals surface area (Å²) in [6.45, 7) is 10.3. The Morgan fingerprint density at radius 2 is 1.25 bits per heavy atom. The van der Waals surface area contributed by atoms with Crippen molar-refractivity contribution in [2.45, 2.75) is 41.0 Å². The fourth-order valence-corrected chi connectivity index (χ4v) is 0.534. The molecule has 0 atom stereocenters. The minimum atomic E-state index is 1.25. The Bertz CT molecular complexity index is 141. The smallest absolute Gasteiger partial charge is 0.0398 e. The molecule has 0 radical (unpaired) electrons. The fraction of sp³-hybridized carbons (Fsp3) is 0.500. The molecule has 0 aromatic heterocycles. The van der Waals surface area contributed by atoms with Crippen LogP contribution < -0.4 is 0 Å². The lowest BCUT2D eigenvalue weighted by Crippen LogP contribution is -1.62. The van der Waals surface area contributed by atoms with E-state index in [2.05, 4.69) is 32.9 Å². The SMILES string of the molecule is CC.CCC.Cc1ccccc1. The van der Waals surface area contributed by atoms with Gasteiger partial charge in [-0.25, -0.2) is 0 Å². The van der Waals surface area contributed by atoms with Gasteiger partial charge in [-0.2, -0.15) is 0 Å². The van der Waals surface area contributed by atoms with E-state index in [1.807, 2.05) is 32.0 Å². The molecule has 0 nitrogen and oxygen atoms in total. The molecule has 0 heterocycles. The van der Waals surface area contributed by atoms with E-state index in [-0.39, 0.29) is 0 Å². The number of benzene rings is 1. The highest BCUT2D eigenvalue weighted by Crippen LogP contribution is 1.92. The normalized spacial score (nSPS) is 7.08. The average molecular weight is 166 g/mol. The molecule has 0 spiro atoms. The van der Waals surface area contributed by atoms with Gasteiger partial charge in [-0.1, -0.05) is 70.0 Å². The van der Waals surface area contributed by atoms with Crippen molar-refractivity contribution in [1.29, 1.82) is 0 Å². The third-order valence-electron chi connectivity index (χ3n) is 0.940. The van der Waals surface area contributed by atoms with Gasteiger partial charge in [-0.05, 0) is 6.92 Å². The van der Waals surface area contributed by atoms with Crippen LogP contribution in [-0.2, 0) is 0 Å². The van der Waals surface area contributed by atoms with E-state index >= 15 is 0 Å². The molecule has 0 bridgehead atoms. The zero-order valence-corrected chi connectivity index (χ0v) is 9.09. The zero-order chi connectivity index (χ0) is 9.82. The van der Waals surface area contributed by atoms with Gasteiger partial charge in [0.25, 0.3) is 0 Å². The molecule has 0 amide bonds. The number of rotatable bonds is 0. The van der Waals surface area contributed by atoms with E-state index in [0.717, 1.165) is 0 Å². The van der Waals surface area contributed by atoms with Gasteiger partial charge in [0.2, 0.25) is 0 Å². The molecule has 0 aliphatic carbocycles. The van der Waals surface area contributed by atoms with Gasteiger partial charge >= 0.3 is 0 Å². The van der Waals surface area contributed by atoms with Gasteiger partial charge in [0.05, 0.1) is 0 Å². The van der Waals surface area contributed by atoms with Crippen LogP contribution in [0.4, 0.5) is 0 Å². The predicted octanol–water partition coefficient (Wildman–Crippen LogP) is 4.44. The highest BCUT2D eigenvalue weighted by atomic mass is 13.8. The first kappa shape index (κ1) is 13.8. The second-order valence-corrected chi connectivity index (χ2v) is 2.36. The lowest BCUT2D eigenvalue weighted by molar-refractivity contribution is 1.09. The van der Waals surface area contributed by atoms with Crippen molar-refractivity contribution in [1.82, 2.24) is 0 Å². The first-order valence-corrected chi connectivity index (χ1v) is 4.82. The Balaban J connectivity index is 0. The summed E-state index contributed by atoms with van der Waals surface area (Å²) < 4.78 is 0. The van der Waals surface area contributed by atoms with Crippen LogP contribution in [0.2, 0.25) is 0 Å². The first-order chi connectivity index (χ1) is 5.81. The Hall–Kier alpha value is -0.780. The van der Waals surface area contributed by atoms with Crippen molar-refractivity contribution < 1.29 is 0 Å². The van der Waals surface area contributed by atoms with Gasteiger partial charge in [0, 0.05) is 0 Å². The van der Waals surface area contributed by atoms with Crippen molar-refractivity contribution >= 4 is 0 Å². The van der Waals surface area contributed by atoms with Gasteiger partial charge in [0.1, 0.15) is 0 Å². The summed E-state index contributed by atoms with van der Waals surface area (Å²) >= 11 is 0. The molecule has 0 saturated carbocycles. The maximum absolute atomic E-state index is 2.12. The summed E-state index contributed by atoms with van der Waals surface area (Å²) in [5, 5.41) is 0. The summed E-state index contributed by atoms with van der Waals surface area (Å²) in [6, 6.07) is 10.3. The minimum absolute atomic E-state index is 1.25. The molecule has 1 aromatic rings. The monoisotopic (exact) mass is 166 g/mol. The molecule has 1 aromatic carbocycles. The number of hydrogen-bond donors (Lipinski definition) is 0. The van der Waals surface area contributed by atoms with Gasteiger partial charge in [-0.3, -0.25) is 0 Å². The maximum atomic E-state index is 2.12. The number of aryl methyl sites for hydroxylation is 1. The van der Waals surface area contributed by atoms with Crippen LogP contribution in [0.3, 0.4) is 0 Å². The Labute approximate surface area is 77.6 Å². The van der Waals surface area contributed by atoms with E-state index < -0.39 is 0 Å². The number of hydrogen-bond acceptors (Lipinski definition) is 0. The van der Waals surface area contributed by atoms with Crippen molar-refractivity contribution in [3.05, 3.63) is 35.9 Å². The first-order valence-electron chi connectivity index (χ1n) is 4.82. The van der Waals surface area contributed by atoms with E-state index in [0.29, 0.717) is 0 Å². The lowest BCUT2D eigenvalue weighted by atomic mass is 10.2. The molecule has 0 heteroatoms. The maximum Gasteiger partial charge on any atom is -0.0398 e. The van der Waals surface area contributed by atoms with Crippen LogP contribution in [0, 0.1) is 6.92 Å². The zero-order valence-electron chi connectivity index (χ0n) is 9.09. The van der Waals surface area contributed by atoms with E-state index in [1.54, 1.807) is 0 Å². The summed E-state index contributed by atoms with van der Waals surface area (Å²) in [5.74, 6) is 0. The molecule has 0 fully saturated rings. The van der Waals surface area contributed by atoms with Crippen molar-refractivity contribution in [2.24, 2.45) is 0 Å². The van der Waals surface area contributed by atoms with Crippen molar-refractivity contribution in [3.63, 3.8) is 0 Å². The van der Waals surface area contributed by atoms with Crippen molar-refractivity contribution in [2.75, 3.05) is 0 Å². The molecular weight excluding hydrogens is 144 g/mol. The predicted molar refractivity (Wildman–Crippen MR) is 58.5 cm³/mol. The van der Waals surface area contributed by atoms with Gasteiger partial charge in [0.15, 0.2) is 0 Å².